The standard InChI is InChI=1S/C12H22O2Si2/c1-15(2,3)14-16(4,5)11-13-12-9-7-6-8-10-12/h6-10H,11H2,1-5H3. The zero-order valence-corrected chi connectivity index (χ0v) is 12.9. The number of hydrogen-bond donors (Lipinski definition) is 0. The second kappa shape index (κ2) is 5.16. The molecule has 0 spiro atoms. The number of benzene rings is 1. The summed E-state index contributed by atoms with van der Waals surface area (Å²) in [5, 5.41) is 0. The van der Waals surface area contributed by atoms with Gasteiger partial charge in [0.15, 0.2) is 8.32 Å². The third-order valence-corrected chi connectivity index (χ3v) is 7.41. The molecule has 0 saturated carbocycles. The van der Waals surface area contributed by atoms with Gasteiger partial charge in [0.25, 0.3) is 0 Å². The molecule has 0 amide bonds. The van der Waals surface area contributed by atoms with Crippen LogP contribution >= 0.6 is 0 Å². The molecule has 90 valence electrons. The van der Waals surface area contributed by atoms with Crippen LogP contribution in [0.3, 0.4) is 0 Å². The Labute approximate surface area is 101 Å². The summed E-state index contributed by atoms with van der Waals surface area (Å²) in [5.74, 6) is 0.933. The first-order valence-corrected chi connectivity index (χ1v) is 12.2. The quantitative estimate of drug-likeness (QED) is 0.747. The maximum atomic E-state index is 6.20. The van der Waals surface area contributed by atoms with E-state index in [0.717, 1.165) is 12.0 Å². The molecule has 0 aliphatic rings. The fraction of sp³-hybridized carbons (Fsp3) is 0.500. The Bertz CT molecular complexity index is 318. The molecular formula is C12H22O2Si2. The lowest BCUT2D eigenvalue weighted by Gasteiger charge is -2.31. The predicted molar refractivity (Wildman–Crippen MR) is 73.9 cm³/mol. The molecule has 0 atom stereocenters. The van der Waals surface area contributed by atoms with E-state index in [1.54, 1.807) is 0 Å². The molecule has 0 heterocycles. The lowest BCUT2D eigenvalue weighted by Crippen LogP contribution is -2.46. The Morgan fingerprint density at radius 2 is 1.50 bits per heavy atom. The number of rotatable bonds is 5. The maximum Gasteiger partial charge on any atom is 0.213 e. The highest BCUT2D eigenvalue weighted by atomic mass is 28.4. The molecule has 0 saturated heterocycles. The van der Waals surface area contributed by atoms with Crippen LogP contribution in [0.2, 0.25) is 32.7 Å². The number of para-hydroxylation sites is 1. The number of hydrogen-bond acceptors (Lipinski definition) is 2. The van der Waals surface area contributed by atoms with Crippen LogP contribution in [0.15, 0.2) is 30.3 Å². The van der Waals surface area contributed by atoms with Gasteiger partial charge in [0.05, 0.1) is 0 Å². The van der Waals surface area contributed by atoms with Crippen LogP contribution in [-0.2, 0) is 4.12 Å². The van der Waals surface area contributed by atoms with Crippen molar-refractivity contribution in [3.63, 3.8) is 0 Å². The van der Waals surface area contributed by atoms with Crippen molar-refractivity contribution in [3.05, 3.63) is 30.3 Å². The molecule has 0 fully saturated rings. The van der Waals surface area contributed by atoms with Crippen molar-refractivity contribution in [1.82, 2.24) is 0 Å². The average Bonchev–Trinajstić information content (AvgIpc) is 2.13. The minimum atomic E-state index is -1.68. The summed E-state index contributed by atoms with van der Waals surface area (Å²) in [4.78, 5) is 0. The highest BCUT2D eigenvalue weighted by Gasteiger charge is 2.30. The molecule has 4 heteroatoms. The molecule has 0 radical (unpaired) electrons. The van der Waals surface area contributed by atoms with Gasteiger partial charge in [-0.1, -0.05) is 18.2 Å². The van der Waals surface area contributed by atoms with E-state index in [1.165, 1.54) is 0 Å². The molecule has 0 aliphatic heterocycles. The Morgan fingerprint density at radius 3 is 2.00 bits per heavy atom. The Hall–Kier alpha value is -0.586. The maximum absolute atomic E-state index is 6.20. The highest BCUT2D eigenvalue weighted by molar-refractivity contribution is 6.84. The lowest BCUT2D eigenvalue weighted by molar-refractivity contribution is 0.352. The molecule has 1 aromatic carbocycles. The highest BCUT2D eigenvalue weighted by Crippen LogP contribution is 2.16. The van der Waals surface area contributed by atoms with Crippen molar-refractivity contribution in [3.8, 4) is 5.75 Å². The minimum Gasteiger partial charge on any atom is -0.494 e. The van der Waals surface area contributed by atoms with Crippen molar-refractivity contribution < 1.29 is 8.85 Å². The molecule has 0 aliphatic carbocycles. The van der Waals surface area contributed by atoms with Crippen molar-refractivity contribution >= 4 is 16.6 Å². The van der Waals surface area contributed by atoms with E-state index in [2.05, 4.69) is 32.7 Å². The van der Waals surface area contributed by atoms with Gasteiger partial charge in [0.1, 0.15) is 12.0 Å². The van der Waals surface area contributed by atoms with E-state index in [0.29, 0.717) is 0 Å². The van der Waals surface area contributed by atoms with Gasteiger partial charge in [-0.15, -0.1) is 0 Å². The second-order valence-electron chi connectivity index (χ2n) is 5.58. The lowest BCUT2D eigenvalue weighted by atomic mass is 10.3. The van der Waals surface area contributed by atoms with Crippen molar-refractivity contribution in [2.45, 2.75) is 32.7 Å². The summed E-state index contributed by atoms with van der Waals surface area (Å²) >= 11 is 0. The Balaban J connectivity index is 2.48. The van der Waals surface area contributed by atoms with Gasteiger partial charge in [-0.2, -0.15) is 0 Å². The molecule has 0 unspecified atom stereocenters. The second-order valence-corrected chi connectivity index (χ2v) is 14.4. The molecular weight excluding hydrogens is 232 g/mol. The van der Waals surface area contributed by atoms with Crippen LogP contribution in [-0.4, -0.2) is 22.9 Å². The van der Waals surface area contributed by atoms with Crippen molar-refractivity contribution in [2.75, 3.05) is 6.23 Å². The first-order valence-electron chi connectivity index (χ1n) is 5.67. The molecule has 16 heavy (non-hydrogen) atoms. The Morgan fingerprint density at radius 1 is 0.938 bits per heavy atom. The van der Waals surface area contributed by atoms with Crippen molar-refractivity contribution in [1.29, 1.82) is 0 Å². The van der Waals surface area contributed by atoms with Gasteiger partial charge < -0.3 is 8.85 Å². The van der Waals surface area contributed by atoms with E-state index < -0.39 is 16.6 Å². The summed E-state index contributed by atoms with van der Waals surface area (Å²) in [5.41, 5.74) is 0. The van der Waals surface area contributed by atoms with Gasteiger partial charge in [-0.25, -0.2) is 0 Å². The van der Waals surface area contributed by atoms with Crippen molar-refractivity contribution in [2.24, 2.45) is 0 Å². The van der Waals surface area contributed by atoms with Crippen LogP contribution in [0.25, 0.3) is 0 Å². The van der Waals surface area contributed by atoms with E-state index >= 15 is 0 Å². The smallest absolute Gasteiger partial charge is 0.213 e. The SMILES string of the molecule is C[Si](C)(C)O[Si](C)(C)COc1ccccc1. The first kappa shape index (κ1) is 13.5. The van der Waals surface area contributed by atoms with Crippen LogP contribution < -0.4 is 4.74 Å². The Kier molecular flexibility index (Phi) is 4.35. The molecule has 1 rings (SSSR count). The van der Waals surface area contributed by atoms with Gasteiger partial charge in [-0.3, -0.25) is 0 Å². The molecule has 0 N–H and O–H groups in total. The summed E-state index contributed by atoms with van der Waals surface area (Å²) in [6.45, 7) is 11.1. The van der Waals surface area contributed by atoms with Crippen LogP contribution in [0.1, 0.15) is 0 Å². The summed E-state index contributed by atoms with van der Waals surface area (Å²) in [7, 11) is -3.13. The van der Waals surface area contributed by atoms with Crippen LogP contribution in [0.4, 0.5) is 0 Å². The summed E-state index contributed by atoms with van der Waals surface area (Å²) in [6.07, 6.45) is 0.723. The van der Waals surface area contributed by atoms with E-state index in [-0.39, 0.29) is 0 Å². The molecule has 0 bridgehead atoms. The monoisotopic (exact) mass is 254 g/mol. The fourth-order valence-corrected chi connectivity index (χ4v) is 9.01. The molecule has 1 aromatic rings. The van der Waals surface area contributed by atoms with Crippen LogP contribution in [0.5, 0.6) is 5.75 Å². The first-order chi connectivity index (χ1) is 7.29. The molecule has 0 aromatic heterocycles. The van der Waals surface area contributed by atoms with Crippen LogP contribution in [0, 0.1) is 0 Å². The normalized spacial score (nSPS) is 12.6. The topological polar surface area (TPSA) is 18.5 Å². The minimum absolute atomic E-state index is 0.723. The van der Waals surface area contributed by atoms with E-state index in [1.807, 2.05) is 30.3 Å². The third-order valence-electron chi connectivity index (χ3n) is 1.91. The van der Waals surface area contributed by atoms with Gasteiger partial charge in [-0.05, 0) is 44.9 Å². The van der Waals surface area contributed by atoms with E-state index in [4.69, 9.17) is 8.85 Å². The zero-order chi connectivity index (χ0) is 12.2. The largest absolute Gasteiger partial charge is 0.494 e. The predicted octanol–water partition coefficient (Wildman–Crippen LogP) is 3.66. The average molecular weight is 254 g/mol. The number of ether oxygens (including phenoxy) is 1. The zero-order valence-electron chi connectivity index (χ0n) is 10.9. The third kappa shape index (κ3) is 5.48. The van der Waals surface area contributed by atoms with E-state index in [9.17, 15) is 0 Å². The van der Waals surface area contributed by atoms with Gasteiger partial charge >= 0.3 is 0 Å². The summed E-state index contributed by atoms with van der Waals surface area (Å²) < 4.78 is 12.0. The summed E-state index contributed by atoms with van der Waals surface area (Å²) in [6, 6.07) is 9.94. The fourth-order valence-electron chi connectivity index (χ4n) is 1.63. The molecule has 2 nitrogen and oxygen atoms in total. The van der Waals surface area contributed by atoms with Gasteiger partial charge in [0.2, 0.25) is 8.32 Å². The van der Waals surface area contributed by atoms with Gasteiger partial charge in [0, 0.05) is 0 Å².